The first kappa shape index (κ1) is 21.6. The van der Waals surface area contributed by atoms with Gasteiger partial charge in [0.15, 0.2) is 11.5 Å². The standard InChI is InChI=1S/C24H33NO4/c1-23(2)17-24(11-12-29-23,19-7-5-4-6-8-19)20(16-26)15-25-14-18-9-10-21(27)22(13-18)28-3/h4-10,13,20,25-27H,11-12,14-17H2,1-3H3. The maximum absolute atomic E-state index is 10.4. The summed E-state index contributed by atoms with van der Waals surface area (Å²) in [6.07, 6.45) is 1.75. The quantitative estimate of drug-likeness (QED) is 0.632. The third kappa shape index (κ3) is 4.92. The first-order valence-corrected chi connectivity index (χ1v) is 10.3. The van der Waals surface area contributed by atoms with E-state index in [1.807, 2.05) is 18.2 Å². The van der Waals surface area contributed by atoms with E-state index >= 15 is 0 Å². The van der Waals surface area contributed by atoms with Crippen LogP contribution in [0.2, 0.25) is 0 Å². The van der Waals surface area contributed by atoms with Gasteiger partial charge in [-0.1, -0.05) is 36.4 Å². The van der Waals surface area contributed by atoms with E-state index in [9.17, 15) is 10.2 Å². The average Bonchev–Trinajstić information content (AvgIpc) is 2.72. The molecular weight excluding hydrogens is 366 g/mol. The van der Waals surface area contributed by atoms with Gasteiger partial charge in [0.1, 0.15) is 0 Å². The van der Waals surface area contributed by atoms with Gasteiger partial charge in [-0.2, -0.15) is 0 Å². The molecule has 1 fully saturated rings. The third-order valence-electron chi connectivity index (χ3n) is 6.10. The van der Waals surface area contributed by atoms with Crippen LogP contribution in [0.3, 0.4) is 0 Å². The summed E-state index contributed by atoms with van der Waals surface area (Å²) in [6, 6.07) is 15.9. The topological polar surface area (TPSA) is 71.0 Å². The number of phenols is 1. The van der Waals surface area contributed by atoms with Crippen molar-refractivity contribution in [3.8, 4) is 11.5 Å². The van der Waals surface area contributed by atoms with Crippen LogP contribution in [0.1, 0.15) is 37.8 Å². The van der Waals surface area contributed by atoms with Gasteiger partial charge in [0, 0.05) is 37.6 Å². The number of hydrogen-bond donors (Lipinski definition) is 3. The summed E-state index contributed by atoms with van der Waals surface area (Å²) in [7, 11) is 1.55. The Balaban J connectivity index is 1.78. The second-order valence-electron chi connectivity index (χ2n) is 8.57. The number of methoxy groups -OCH3 is 1. The number of nitrogens with one attached hydrogen (secondary N) is 1. The normalized spacial score (nSPS) is 22.2. The molecule has 3 rings (SSSR count). The van der Waals surface area contributed by atoms with Crippen molar-refractivity contribution in [3.05, 3.63) is 59.7 Å². The lowest BCUT2D eigenvalue weighted by Gasteiger charge is -2.49. The van der Waals surface area contributed by atoms with Gasteiger partial charge in [-0.05, 0) is 49.9 Å². The molecule has 5 heteroatoms. The monoisotopic (exact) mass is 399 g/mol. The molecule has 2 atom stereocenters. The second kappa shape index (κ2) is 9.16. The number of rotatable bonds is 8. The summed E-state index contributed by atoms with van der Waals surface area (Å²) in [6.45, 7) is 6.38. The maximum atomic E-state index is 10.4. The van der Waals surface area contributed by atoms with Crippen LogP contribution in [0.5, 0.6) is 11.5 Å². The van der Waals surface area contributed by atoms with E-state index in [0.717, 1.165) is 18.4 Å². The lowest BCUT2D eigenvalue weighted by Crippen LogP contribution is -2.51. The molecule has 0 saturated carbocycles. The zero-order chi connectivity index (χ0) is 20.9. The Kier molecular flexibility index (Phi) is 6.83. The predicted octanol–water partition coefficient (Wildman–Crippen LogP) is 3.63. The van der Waals surface area contributed by atoms with Gasteiger partial charge in [0.05, 0.1) is 12.7 Å². The van der Waals surface area contributed by atoms with E-state index in [4.69, 9.17) is 9.47 Å². The number of hydrogen-bond acceptors (Lipinski definition) is 5. The third-order valence-corrected chi connectivity index (χ3v) is 6.10. The Morgan fingerprint density at radius 2 is 1.93 bits per heavy atom. The van der Waals surface area contributed by atoms with Crippen molar-refractivity contribution in [2.45, 2.75) is 44.2 Å². The summed E-state index contributed by atoms with van der Waals surface area (Å²) in [5.74, 6) is 0.666. The molecule has 0 radical (unpaired) electrons. The van der Waals surface area contributed by atoms with Crippen molar-refractivity contribution >= 4 is 0 Å². The minimum atomic E-state index is -0.230. The van der Waals surface area contributed by atoms with Crippen LogP contribution in [-0.2, 0) is 16.7 Å². The van der Waals surface area contributed by atoms with E-state index in [2.05, 4.69) is 43.4 Å². The van der Waals surface area contributed by atoms with Crippen LogP contribution in [0.15, 0.2) is 48.5 Å². The fourth-order valence-corrected chi connectivity index (χ4v) is 4.67. The zero-order valence-corrected chi connectivity index (χ0v) is 17.6. The van der Waals surface area contributed by atoms with Gasteiger partial charge in [-0.25, -0.2) is 0 Å². The molecule has 0 amide bonds. The van der Waals surface area contributed by atoms with Crippen molar-refractivity contribution < 1.29 is 19.7 Å². The highest BCUT2D eigenvalue weighted by atomic mass is 16.5. The summed E-state index contributed by atoms with van der Waals surface area (Å²) in [4.78, 5) is 0. The number of phenolic OH excluding ortho intramolecular Hbond substituents is 1. The highest BCUT2D eigenvalue weighted by Crippen LogP contribution is 2.46. The first-order chi connectivity index (χ1) is 13.9. The van der Waals surface area contributed by atoms with E-state index in [1.165, 1.54) is 5.56 Å². The fourth-order valence-electron chi connectivity index (χ4n) is 4.67. The van der Waals surface area contributed by atoms with Crippen LogP contribution in [-0.4, -0.2) is 42.7 Å². The van der Waals surface area contributed by atoms with Crippen molar-refractivity contribution in [1.82, 2.24) is 5.32 Å². The van der Waals surface area contributed by atoms with Crippen LogP contribution < -0.4 is 10.1 Å². The number of benzene rings is 2. The maximum Gasteiger partial charge on any atom is 0.160 e. The van der Waals surface area contributed by atoms with Crippen molar-refractivity contribution in [1.29, 1.82) is 0 Å². The fraction of sp³-hybridized carbons (Fsp3) is 0.500. The number of aliphatic hydroxyl groups excluding tert-OH is 1. The molecule has 0 bridgehead atoms. The molecule has 0 spiro atoms. The molecule has 5 nitrogen and oxygen atoms in total. The molecule has 1 heterocycles. The van der Waals surface area contributed by atoms with E-state index in [-0.39, 0.29) is 29.3 Å². The molecule has 2 unspecified atom stereocenters. The van der Waals surface area contributed by atoms with Gasteiger partial charge < -0.3 is 25.0 Å². The molecule has 0 aromatic heterocycles. The van der Waals surface area contributed by atoms with Crippen molar-refractivity contribution in [2.24, 2.45) is 5.92 Å². The van der Waals surface area contributed by atoms with E-state index < -0.39 is 0 Å². The Morgan fingerprint density at radius 1 is 1.17 bits per heavy atom. The smallest absolute Gasteiger partial charge is 0.160 e. The summed E-state index contributed by atoms with van der Waals surface area (Å²) in [5.41, 5.74) is 1.92. The van der Waals surface area contributed by atoms with E-state index in [1.54, 1.807) is 13.2 Å². The lowest BCUT2D eigenvalue weighted by atomic mass is 9.62. The molecule has 3 N–H and O–H groups in total. The Bertz CT molecular complexity index is 793. The van der Waals surface area contributed by atoms with Gasteiger partial charge in [0.2, 0.25) is 0 Å². The first-order valence-electron chi connectivity index (χ1n) is 10.3. The Morgan fingerprint density at radius 3 is 2.59 bits per heavy atom. The molecule has 158 valence electrons. The highest BCUT2D eigenvalue weighted by molar-refractivity contribution is 5.41. The van der Waals surface area contributed by atoms with Gasteiger partial charge in [0.25, 0.3) is 0 Å². The zero-order valence-electron chi connectivity index (χ0n) is 17.6. The molecule has 1 saturated heterocycles. The van der Waals surface area contributed by atoms with E-state index in [0.29, 0.717) is 25.4 Å². The molecule has 2 aromatic rings. The van der Waals surface area contributed by atoms with Gasteiger partial charge in [-0.3, -0.25) is 0 Å². The van der Waals surface area contributed by atoms with Crippen LogP contribution in [0.4, 0.5) is 0 Å². The molecular formula is C24H33NO4. The van der Waals surface area contributed by atoms with Gasteiger partial charge in [-0.15, -0.1) is 0 Å². The summed E-state index contributed by atoms with van der Waals surface area (Å²) < 4.78 is 11.2. The Labute approximate surface area is 173 Å². The lowest BCUT2D eigenvalue weighted by molar-refractivity contribution is -0.0991. The largest absolute Gasteiger partial charge is 0.504 e. The number of aromatic hydroxyl groups is 1. The van der Waals surface area contributed by atoms with Crippen LogP contribution >= 0.6 is 0 Å². The Hall–Kier alpha value is -2.08. The minimum Gasteiger partial charge on any atom is -0.504 e. The average molecular weight is 400 g/mol. The molecule has 2 aromatic carbocycles. The number of aliphatic hydroxyl groups is 1. The molecule has 29 heavy (non-hydrogen) atoms. The summed E-state index contributed by atoms with van der Waals surface area (Å²) >= 11 is 0. The van der Waals surface area contributed by atoms with Crippen LogP contribution in [0.25, 0.3) is 0 Å². The molecule has 0 aliphatic carbocycles. The minimum absolute atomic E-state index is 0.0621. The van der Waals surface area contributed by atoms with Crippen molar-refractivity contribution in [2.75, 3.05) is 26.9 Å². The second-order valence-corrected chi connectivity index (χ2v) is 8.57. The highest BCUT2D eigenvalue weighted by Gasteiger charge is 2.46. The number of ether oxygens (including phenoxy) is 2. The van der Waals surface area contributed by atoms with Crippen LogP contribution in [0, 0.1) is 5.92 Å². The molecule has 1 aliphatic rings. The SMILES string of the molecule is COc1cc(CNCC(CO)C2(c3ccccc3)CCOC(C)(C)C2)ccc1O. The van der Waals surface area contributed by atoms with Gasteiger partial charge >= 0.3 is 0 Å². The van der Waals surface area contributed by atoms with Crippen molar-refractivity contribution in [3.63, 3.8) is 0 Å². The molecule has 1 aliphatic heterocycles. The summed E-state index contributed by atoms with van der Waals surface area (Å²) in [5, 5.41) is 23.6. The predicted molar refractivity (Wildman–Crippen MR) is 114 cm³/mol.